The third kappa shape index (κ3) is 4.02. The predicted octanol–water partition coefficient (Wildman–Crippen LogP) is 2.91. The fourth-order valence-electron chi connectivity index (χ4n) is 1.18. The van der Waals surface area contributed by atoms with Gasteiger partial charge in [-0.3, -0.25) is 4.79 Å². The summed E-state index contributed by atoms with van der Waals surface area (Å²) in [5.41, 5.74) is 0.665. The van der Waals surface area contributed by atoms with Gasteiger partial charge in [0, 0.05) is 16.6 Å². The van der Waals surface area contributed by atoms with Crippen LogP contribution >= 0.6 is 11.6 Å². The molecule has 82 valence electrons. The van der Waals surface area contributed by atoms with E-state index >= 15 is 0 Å². The quantitative estimate of drug-likeness (QED) is 0.781. The number of carbonyl (C=O) groups is 1. The van der Waals surface area contributed by atoms with Crippen molar-refractivity contribution in [1.82, 2.24) is 5.32 Å². The van der Waals surface area contributed by atoms with Gasteiger partial charge in [0.15, 0.2) is 5.78 Å². The fraction of sp³-hybridized carbons (Fsp3) is 0.417. The van der Waals surface area contributed by atoms with Gasteiger partial charge in [-0.25, -0.2) is 0 Å². The van der Waals surface area contributed by atoms with Crippen molar-refractivity contribution in [2.45, 2.75) is 26.3 Å². The number of rotatable bonds is 5. The molecule has 0 heterocycles. The average molecular weight is 226 g/mol. The van der Waals surface area contributed by atoms with E-state index in [0.29, 0.717) is 23.2 Å². The summed E-state index contributed by atoms with van der Waals surface area (Å²) < 4.78 is 0. The van der Waals surface area contributed by atoms with Crippen LogP contribution < -0.4 is 5.32 Å². The summed E-state index contributed by atoms with van der Waals surface area (Å²) in [4.78, 5) is 11.7. The van der Waals surface area contributed by atoms with Gasteiger partial charge in [-0.15, -0.1) is 0 Å². The SMILES string of the molecule is CCC(C)NCC(=O)c1cccc(Cl)c1. The Kier molecular flexibility index (Phi) is 4.79. The predicted molar refractivity (Wildman–Crippen MR) is 63.5 cm³/mol. The summed E-state index contributed by atoms with van der Waals surface area (Å²) in [6.45, 7) is 4.52. The molecule has 0 aromatic heterocycles. The molecule has 15 heavy (non-hydrogen) atoms. The minimum absolute atomic E-state index is 0.0813. The molecule has 1 rings (SSSR count). The van der Waals surface area contributed by atoms with Gasteiger partial charge >= 0.3 is 0 Å². The molecular weight excluding hydrogens is 210 g/mol. The first-order valence-electron chi connectivity index (χ1n) is 5.15. The molecule has 1 atom stereocenters. The maximum Gasteiger partial charge on any atom is 0.176 e. The summed E-state index contributed by atoms with van der Waals surface area (Å²) in [7, 11) is 0. The lowest BCUT2D eigenvalue weighted by Gasteiger charge is -2.10. The van der Waals surface area contributed by atoms with E-state index in [1.54, 1.807) is 24.3 Å². The number of nitrogens with one attached hydrogen (secondary N) is 1. The summed E-state index contributed by atoms with van der Waals surface area (Å²) in [6, 6.07) is 7.40. The first-order chi connectivity index (χ1) is 7.13. The van der Waals surface area contributed by atoms with Crippen LogP contribution in [0, 0.1) is 0 Å². The number of Topliss-reactive ketones (excluding diaryl/α,β-unsaturated/α-hetero) is 1. The number of hydrogen-bond acceptors (Lipinski definition) is 2. The Morgan fingerprint density at radius 3 is 2.87 bits per heavy atom. The van der Waals surface area contributed by atoms with Gasteiger partial charge < -0.3 is 5.32 Å². The van der Waals surface area contributed by atoms with E-state index in [-0.39, 0.29) is 5.78 Å². The smallest absolute Gasteiger partial charge is 0.176 e. The molecule has 0 radical (unpaired) electrons. The van der Waals surface area contributed by atoms with Gasteiger partial charge in [0.25, 0.3) is 0 Å². The first-order valence-corrected chi connectivity index (χ1v) is 5.53. The minimum atomic E-state index is 0.0813. The van der Waals surface area contributed by atoms with E-state index in [0.717, 1.165) is 6.42 Å². The molecular formula is C12H16ClNO. The van der Waals surface area contributed by atoms with Crippen molar-refractivity contribution >= 4 is 17.4 Å². The van der Waals surface area contributed by atoms with E-state index in [1.807, 2.05) is 0 Å². The third-order valence-electron chi connectivity index (χ3n) is 2.37. The Morgan fingerprint density at radius 1 is 1.53 bits per heavy atom. The maximum atomic E-state index is 11.7. The Morgan fingerprint density at radius 2 is 2.27 bits per heavy atom. The maximum absolute atomic E-state index is 11.7. The van der Waals surface area contributed by atoms with Crippen LogP contribution in [0.4, 0.5) is 0 Å². The highest BCUT2D eigenvalue weighted by Crippen LogP contribution is 2.10. The van der Waals surface area contributed by atoms with Crippen molar-refractivity contribution in [3.05, 3.63) is 34.9 Å². The van der Waals surface area contributed by atoms with Crippen molar-refractivity contribution in [1.29, 1.82) is 0 Å². The van der Waals surface area contributed by atoms with Gasteiger partial charge in [0.1, 0.15) is 0 Å². The highest BCUT2D eigenvalue weighted by atomic mass is 35.5. The second-order valence-corrected chi connectivity index (χ2v) is 4.06. The lowest BCUT2D eigenvalue weighted by molar-refractivity contribution is 0.0987. The minimum Gasteiger partial charge on any atom is -0.307 e. The Labute approximate surface area is 95.6 Å². The van der Waals surface area contributed by atoms with Crippen LogP contribution in [0.1, 0.15) is 30.6 Å². The zero-order chi connectivity index (χ0) is 11.3. The molecule has 0 fully saturated rings. The number of benzene rings is 1. The van der Waals surface area contributed by atoms with Gasteiger partial charge in [0.2, 0.25) is 0 Å². The highest BCUT2D eigenvalue weighted by Gasteiger charge is 2.07. The fourth-order valence-corrected chi connectivity index (χ4v) is 1.37. The highest BCUT2D eigenvalue weighted by molar-refractivity contribution is 6.31. The van der Waals surface area contributed by atoms with Gasteiger partial charge in [0.05, 0.1) is 6.54 Å². The molecule has 0 aliphatic heterocycles. The van der Waals surface area contributed by atoms with Crippen LogP contribution in [0.5, 0.6) is 0 Å². The summed E-state index contributed by atoms with van der Waals surface area (Å²) in [5, 5.41) is 3.76. The Balaban J connectivity index is 2.54. The summed E-state index contributed by atoms with van der Waals surface area (Å²) in [5.74, 6) is 0.0813. The van der Waals surface area contributed by atoms with Crippen LogP contribution in [0.15, 0.2) is 24.3 Å². The summed E-state index contributed by atoms with van der Waals surface area (Å²) in [6.07, 6.45) is 1.02. The number of halogens is 1. The van der Waals surface area contributed by atoms with Crippen LogP contribution in [0.25, 0.3) is 0 Å². The van der Waals surface area contributed by atoms with Gasteiger partial charge in [-0.1, -0.05) is 30.7 Å². The molecule has 2 nitrogen and oxygen atoms in total. The standard InChI is InChI=1S/C12H16ClNO/c1-3-9(2)14-8-12(15)10-5-4-6-11(13)7-10/h4-7,9,14H,3,8H2,1-2H3. The molecule has 0 bridgehead atoms. The average Bonchev–Trinajstić information content (AvgIpc) is 2.25. The van der Waals surface area contributed by atoms with E-state index in [4.69, 9.17) is 11.6 Å². The molecule has 0 spiro atoms. The van der Waals surface area contributed by atoms with Crippen LogP contribution in [0.2, 0.25) is 5.02 Å². The second kappa shape index (κ2) is 5.89. The second-order valence-electron chi connectivity index (χ2n) is 3.62. The lowest BCUT2D eigenvalue weighted by Crippen LogP contribution is -2.30. The van der Waals surface area contributed by atoms with Crippen molar-refractivity contribution in [3.8, 4) is 0 Å². The first kappa shape index (κ1) is 12.2. The van der Waals surface area contributed by atoms with E-state index in [9.17, 15) is 4.79 Å². The van der Waals surface area contributed by atoms with Crippen LogP contribution in [-0.4, -0.2) is 18.4 Å². The van der Waals surface area contributed by atoms with Crippen molar-refractivity contribution in [2.24, 2.45) is 0 Å². The zero-order valence-electron chi connectivity index (χ0n) is 9.09. The molecule has 0 aliphatic rings. The molecule has 1 aromatic rings. The summed E-state index contributed by atoms with van der Waals surface area (Å²) >= 11 is 5.81. The van der Waals surface area contributed by atoms with Crippen molar-refractivity contribution in [3.63, 3.8) is 0 Å². The van der Waals surface area contributed by atoms with Crippen LogP contribution in [0.3, 0.4) is 0 Å². The number of hydrogen-bond donors (Lipinski definition) is 1. The zero-order valence-corrected chi connectivity index (χ0v) is 9.84. The molecule has 0 saturated heterocycles. The van der Waals surface area contributed by atoms with E-state index < -0.39 is 0 Å². The van der Waals surface area contributed by atoms with Crippen molar-refractivity contribution in [2.75, 3.05) is 6.54 Å². The number of ketones is 1. The van der Waals surface area contributed by atoms with E-state index in [2.05, 4.69) is 19.2 Å². The Bertz CT molecular complexity index is 338. The molecule has 1 unspecified atom stereocenters. The Hall–Kier alpha value is -0.860. The molecule has 0 amide bonds. The largest absolute Gasteiger partial charge is 0.307 e. The molecule has 1 aromatic carbocycles. The molecule has 0 saturated carbocycles. The third-order valence-corrected chi connectivity index (χ3v) is 2.61. The molecule has 1 N–H and O–H groups in total. The van der Waals surface area contributed by atoms with Gasteiger partial charge in [-0.2, -0.15) is 0 Å². The normalized spacial score (nSPS) is 12.5. The lowest BCUT2D eigenvalue weighted by atomic mass is 10.1. The molecule has 3 heteroatoms. The monoisotopic (exact) mass is 225 g/mol. The van der Waals surface area contributed by atoms with E-state index in [1.165, 1.54) is 0 Å². The topological polar surface area (TPSA) is 29.1 Å². The molecule has 0 aliphatic carbocycles. The van der Waals surface area contributed by atoms with Gasteiger partial charge in [-0.05, 0) is 25.5 Å². The van der Waals surface area contributed by atoms with Crippen molar-refractivity contribution < 1.29 is 4.79 Å². The number of carbonyl (C=O) groups excluding carboxylic acids is 1. The van der Waals surface area contributed by atoms with Crippen LogP contribution in [-0.2, 0) is 0 Å².